The molecule has 2 aromatic rings. The quantitative estimate of drug-likeness (QED) is 0.279. The molecule has 29 heavy (non-hydrogen) atoms. The van der Waals surface area contributed by atoms with E-state index in [0.29, 0.717) is 0 Å². The predicted octanol–water partition coefficient (Wildman–Crippen LogP) is 8.28. The van der Waals surface area contributed by atoms with E-state index in [1.807, 2.05) is 17.0 Å². The van der Waals surface area contributed by atoms with Crippen LogP contribution < -0.4 is 4.90 Å². The van der Waals surface area contributed by atoms with Crippen molar-refractivity contribution in [3.05, 3.63) is 42.0 Å². The number of anilines is 1. The molecular weight excluding hydrogens is 354 g/mol. The largest absolute Gasteiger partial charge is 0.308 e. The summed E-state index contributed by atoms with van der Waals surface area (Å²) in [6.07, 6.45) is 19.1. The lowest BCUT2D eigenvalue weighted by atomic mass is 10.0. The Labute approximate surface area is 177 Å². The molecular formula is C27H39NO. The molecule has 0 atom stereocenters. The molecule has 0 fully saturated rings. The second-order valence-corrected chi connectivity index (χ2v) is 8.73. The van der Waals surface area contributed by atoms with Crippen LogP contribution in [0.25, 0.3) is 10.8 Å². The van der Waals surface area contributed by atoms with E-state index >= 15 is 0 Å². The van der Waals surface area contributed by atoms with Crippen molar-refractivity contribution < 1.29 is 4.79 Å². The van der Waals surface area contributed by atoms with E-state index in [9.17, 15) is 4.79 Å². The number of benzene rings is 2. The topological polar surface area (TPSA) is 20.3 Å². The van der Waals surface area contributed by atoms with Gasteiger partial charge in [0, 0.05) is 17.5 Å². The van der Waals surface area contributed by atoms with E-state index in [0.717, 1.165) is 29.6 Å². The number of unbranched alkanes of at least 4 members (excludes halogenated alkanes) is 13. The molecule has 0 radical (unpaired) electrons. The summed E-state index contributed by atoms with van der Waals surface area (Å²) in [6.45, 7) is 3.13. The highest BCUT2D eigenvalue weighted by molar-refractivity contribution is 6.24. The molecule has 3 rings (SSSR count). The van der Waals surface area contributed by atoms with Crippen LogP contribution in [0.15, 0.2) is 36.4 Å². The fourth-order valence-corrected chi connectivity index (χ4v) is 4.67. The van der Waals surface area contributed by atoms with Crippen LogP contribution >= 0.6 is 0 Å². The van der Waals surface area contributed by atoms with Crippen molar-refractivity contribution in [3.63, 3.8) is 0 Å². The minimum absolute atomic E-state index is 0.187. The van der Waals surface area contributed by atoms with Gasteiger partial charge in [-0.2, -0.15) is 0 Å². The first-order valence-corrected chi connectivity index (χ1v) is 12.2. The Morgan fingerprint density at radius 1 is 0.655 bits per heavy atom. The van der Waals surface area contributed by atoms with Crippen molar-refractivity contribution >= 4 is 22.4 Å². The standard InChI is InChI=1S/C27H39NO/c1-2-3-4-5-6-7-8-9-10-11-12-13-14-15-22-28-25-21-17-19-23-18-16-20-24(26(23)25)27(28)29/h16-21H,2-15,22H2,1H3. The van der Waals surface area contributed by atoms with Gasteiger partial charge in [0.15, 0.2) is 0 Å². The van der Waals surface area contributed by atoms with E-state index in [4.69, 9.17) is 0 Å². The number of hydrogen-bond acceptors (Lipinski definition) is 1. The van der Waals surface area contributed by atoms with Gasteiger partial charge in [0.2, 0.25) is 0 Å². The highest BCUT2D eigenvalue weighted by atomic mass is 16.2. The van der Waals surface area contributed by atoms with Gasteiger partial charge in [-0.3, -0.25) is 4.79 Å². The Morgan fingerprint density at radius 2 is 1.17 bits per heavy atom. The first-order chi connectivity index (χ1) is 14.3. The summed E-state index contributed by atoms with van der Waals surface area (Å²) < 4.78 is 0. The Balaban J connectivity index is 1.23. The zero-order valence-corrected chi connectivity index (χ0v) is 18.4. The molecule has 0 saturated heterocycles. The zero-order valence-electron chi connectivity index (χ0n) is 18.4. The molecule has 0 unspecified atom stereocenters. The average molecular weight is 394 g/mol. The Bertz CT molecular complexity index is 761. The maximum atomic E-state index is 12.8. The number of hydrogen-bond donors (Lipinski definition) is 0. The summed E-state index contributed by atoms with van der Waals surface area (Å²) in [5.74, 6) is 0.187. The van der Waals surface area contributed by atoms with Crippen LogP contribution in [0.2, 0.25) is 0 Å². The Morgan fingerprint density at radius 3 is 1.76 bits per heavy atom. The maximum Gasteiger partial charge on any atom is 0.258 e. The smallest absolute Gasteiger partial charge is 0.258 e. The van der Waals surface area contributed by atoms with Gasteiger partial charge in [0.25, 0.3) is 5.91 Å². The van der Waals surface area contributed by atoms with Crippen LogP contribution in [0.5, 0.6) is 0 Å². The molecule has 1 aliphatic heterocycles. The number of carbonyl (C=O) groups is 1. The predicted molar refractivity (Wildman–Crippen MR) is 126 cm³/mol. The van der Waals surface area contributed by atoms with Crippen LogP contribution in [0.4, 0.5) is 5.69 Å². The summed E-state index contributed by atoms with van der Waals surface area (Å²) in [4.78, 5) is 14.8. The lowest BCUT2D eigenvalue weighted by Gasteiger charge is -2.17. The molecule has 158 valence electrons. The maximum absolute atomic E-state index is 12.8. The van der Waals surface area contributed by atoms with Gasteiger partial charge in [-0.15, -0.1) is 0 Å². The summed E-state index contributed by atoms with van der Waals surface area (Å²) in [7, 11) is 0. The third-order valence-electron chi connectivity index (χ3n) is 6.38. The monoisotopic (exact) mass is 393 g/mol. The number of carbonyl (C=O) groups excluding carboxylic acids is 1. The van der Waals surface area contributed by atoms with Crippen molar-refractivity contribution in [1.29, 1.82) is 0 Å². The van der Waals surface area contributed by atoms with E-state index in [1.54, 1.807) is 0 Å². The molecule has 1 aliphatic rings. The zero-order chi connectivity index (χ0) is 20.3. The van der Waals surface area contributed by atoms with E-state index in [1.165, 1.54) is 88.9 Å². The molecule has 2 heteroatoms. The lowest BCUT2D eigenvalue weighted by molar-refractivity contribution is 0.0992. The van der Waals surface area contributed by atoms with Crippen molar-refractivity contribution in [2.45, 2.75) is 96.8 Å². The van der Waals surface area contributed by atoms with Crippen molar-refractivity contribution in [1.82, 2.24) is 0 Å². The van der Waals surface area contributed by atoms with Crippen LogP contribution in [0, 0.1) is 0 Å². The molecule has 0 N–H and O–H groups in total. The first-order valence-electron chi connectivity index (χ1n) is 12.2. The normalized spacial score (nSPS) is 13.0. The fraction of sp³-hybridized carbons (Fsp3) is 0.593. The van der Waals surface area contributed by atoms with Gasteiger partial charge in [-0.05, 0) is 23.9 Å². The van der Waals surface area contributed by atoms with Crippen LogP contribution in [0.3, 0.4) is 0 Å². The molecule has 0 saturated carbocycles. The van der Waals surface area contributed by atoms with Crippen LogP contribution in [0.1, 0.15) is 107 Å². The van der Waals surface area contributed by atoms with Gasteiger partial charge in [-0.25, -0.2) is 0 Å². The van der Waals surface area contributed by atoms with Crippen LogP contribution in [-0.4, -0.2) is 12.5 Å². The van der Waals surface area contributed by atoms with Crippen molar-refractivity contribution in [2.24, 2.45) is 0 Å². The van der Waals surface area contributed by atoms with E-state index < -0.39 is 0 Å². The molecule has 1 heterocycles. The summed E-state index contributed by atoms with van der Waals surface area (Å²) >= 11 is 0. The third kappa shape index (κ3) is 6.07. The first kappa shape index (κ1) is 21.9. The second kappa shape index (κ2) is 12.0. The van der Waals surface area contributed by atoms with Gasteiger partial charge in [0.1, 0.15) is 0 Å². The summed E-state index contributed by atoms with van der Waals surface area (Å²) in [5.41, 5.74) is 1.99. The number of rotatable bonds is 15. The van der Waals surface area contributed by atoms with Gasteiger partial charge >= 0.3 is 0 Å². The van der Waals surface area contributed by atoms with Gasteiger partial charge < -0.3 is 4.90 Å². The second-order valence-electron chi connectivity index (χ2n) is 8.73. The van der Waals surface area contributed by atoms with E-state index in [2.05, 4.69) is 31.2 Å². The number of amides is 1. The van der Waals surface area contributed by atoms with Crippen LogP contribution in [-0.2, 0) is 0 Å². The third-order valence-corrected chi connectivity index (χ3v) is 6.38. The average Bonchev–Trinajstić information content (AvgIpc) is 3.02. The molecule has 0 aliphatic carbocycles. The molecule has 0 aromatic heterocycles. The van der Waals surface area contributed by atoms with Crippen molar-refractivity contribution in [2.75, 3.05) is 11.4 Å². The molecule has 0 spiro atoms. The van der Waals surface area contributed by atoms with E-state index in [-0.39, 0.29) is 5.91 Å². The Kier molecular flexibility index (Phi) is 9.05. The molecule has 2 nitrogen and oxygen atoms in total. The minimum atomic E-state index is 0.187. The van der Waals surface area contributed by atoms with Gasteiger partial charge in [-0.1, -0.05) is 115 Å². The summed E-state index contributed by atoms with van der Waals surface area (Å²) in [5, 5.41) is 2.32. The number of nitrogens with zero attached hydrogens (tertiary/aromatic N) is 1. The Hall–Kier alpha value is -1.83. The fourth-order valence-electron chi connectivity index (χ4n) is 4.67. The van der Waals surface area contributed by atoms with Gasteiger partial charge in [0.05, 0.1) is 5.69 Å². The minimum Gasteiger partial charge on any atom is -0.308 e. The summed E-state index contributed by atoms with van der Waals surface area (Å²) in [6, 6.07) is 12.3. The molecule has 0 bridgehead atoms. The SMILES string of the molecule is CCCCCCCCCCCCCCCCN1C(=O)c2cccc3cccc1c23. The highest BCUT2D eigenvalue weighted by Gasteiger charge is 2.28. The van der Waals surface area contributed by atoms with Crippen molar-refractivity contribution in [3.8, 4) is 0 Å². The lowest BCUT2D eigenvalue weighted by Crippen LogP contribution is -2.27. The highest BCUT2D eigenvalue weighted by Crippen LogP contribution is 2.37. The molecule has 1 amide bonds. The molecule has 2 aromatic carbocycles.